The molecule has 1 saturated carbocycles. The molecule has 1 fully saturated rings. The van der Waals surface area contributed by atoms with Gasteiger partial charge in [0.05, 0.1) is 12.2 Å². The van der Waals surface area contributed by atoms with Gasteiger partial charge in [-0.05, 0) is 48.2 Å². The van der Waals surface area contributed by atoms with Crippen molar-refractivity contribution in [2.24, 2.45) is 0 Å². The summed E-state index contributed by atoms with van der Waals surface area (Å²) in [6.45, 7) is 0. The number of benzene rings is 2. The maximum atomic E-state index is 12.8. The first-order chi connectivity index (χ1) is 9.70. The van der Waals surface area contributed by atoms with Crippen molar-refractivity contribution in [2.75, 3.05) is 0 Å². The molecule has 1 aliphatic rings. The smallest absolute Gasteiger partial charge is 0.123 e. The summed E-state index contributed by atoms with van der Waals surface area (Å²) in [7, 11) is 0. The molecule has 0 spiro atoms. The summed E-state index contributed by atoms with van der Waals surface area (Å²) in [5.41, 5.74) is 1.76. The Morgan fingerprint density at radius 1 is 1.05 bits per heavy atom. The third-order valence-electron chi connectivity index (χ3n) is 3.43. The van der Waals surface area contributed by atoms with Crippen LogP contribution in [0.25, 0.3) is 0 Å². The molecule has 2 aromatic carbocycles. The second-order valence-corrected chi connectivity index (χ2v) is 5.23. The van der Waals surface area contributed by atoms with Crippen LogP contribution in [0, 0.1) is 5.82 Å². The van der Waals surface area contributed by atoms with Crippen molar-refractivity contribution >= 4 is 0 Å². The summed E-state index contributed by atoms with van der Waals surface area (Å²) in [5, 5.41) is 10.2. The number of halogens is 1. The van der Waals surface area contributed by atoms with Crippen molar-refractivity contribution in [3.05, 3.63) is 65.5 Å². The number of rotatable bonds is 5. The summed E-state index contributed by atoms with van der Waals surface area (Å²) in [6, 6.07) is 13.8. The van der Waals surface area contributed by atoms with Crippen molar-refractivity contribution in [2.45, 2.75) is 31.5 Å². The molecule has 3 heteroatoms. The first-order valence-electron chi connectivity index (χ1n) is 6.90. The molecule has 1 N–H and O–H groups in total. The second-order valence-electron chi connectivity index (χ2n) is 5.23. The van der Waals surface area contributed by atoms with Crippen LogP contribution in [0.4, 0.5) is 4.39 Å². The molecule has 0 bridgehead atoms. The van der Waals surface area contributed by atoms with Crippen LogP contribution in [-0.4, -0.2) is 11.2 Å². The lowest BCUT2D eigenvalue weighted by atomic mass is 10.0. The fraction of sp³-hybridized carbons (Fsp3) is 0.294. The van der Waals surface area contributed by atoms with Crippen LogP contribution in [0.2, 0.25) is 0 Å². The highest BCUT2D eigenvalue weighted by Gasteiger charge is 2.23. The van der Waals surface area contributed by atoms with Crippen molar-refractivity contribution in [3.8, 4) is 5.75 Å². The normalized spacial score (nSPS) is 15.9. The monoisotopic (exact) mass is 272 g/mol. The van der Waals surface area contributed by atoms with E-state index in [1.807, 2.05) is 24.3 Å². The average Bonchev–Trinajstić information content (AvgIpc) is 3.26. The van der Waals surface area contributed by atoms with E-state index >= 15 is 0 Å². The second kappa shape index (κ2) is 5.63. The van der Waals surface area contributed by atoms with Gasteiger partial charge in [-0.25, -0.2) is 4.39 Å². The van der Waals surface area contributed by atoms with Gasteiger partial charge in [0.25, 0.3) is 0 Å². The van der Waals surface area contributed by atoms with E-state index in [1.165, 1.54) is 12.1 Å². The Morgan fingerprint density at radius 2 is 1.70 bits per heavy atom. The maximum Gasteiger partial charge on any atom is 0.123 e. The lowest BCUT2D eigenvalue weighted by molar-refractivity contribution is 0.178. The Kier molecular flexibility index (Phi) is 3.70. The third-order valence-corrected chi connectivity index (χ3v) is 3.43. The fourth-order valence-electron chi connectivity index (χ4n) is 2.11. The van der Waals surface area contributed by atoms with Crippen LogP contribution >= 0.6 is 0 Å². The topological polar surface area (TPSA) is 29.5 Å². The molecule has 0 radical (unpaired) electrons. The number of ether oxygens (including phenoxy) is 1. The molecule has 0 aliphatic heterocycles. The van der Waals surface area contributed by atoms with Crippen molar-refractivity contribution < 1.29 is 14.2 Å². The van der Waals surface area contributed by atoms with Crippen LogP contribution in [0.3, 0.4) is 0 Å². The first-order valence-corrected chi connectivity index (χ1v) is 6.90. The van der Waals surface area contributed by atoms with Crippen LogP contribution in [0.15, 0.2) is 48.5 Å². The molecular formula is C17H17FO2. The van der Waals surface area contributed by atoms with E-state index in [9.17, 15) is 9.50 Å². The van der Waals surface area contributed by atoms with E-state index in [-0.39, 0.29) is 5.82 Å². The minimum absolute atomic E-state index is 0.259. The van der Waals surface area contributed by atoms with Gasteiger partial charge in [-0.3, -0.25) is 0 Å². The van der Waals surface area contributed by atoms with Gasteiger partial charge in [-0.2, -0.15) is 0 Å². The molecule has 104 valence electrons. The first kappa shape index (κ1) is 13.1. The standard InChI is InChI=1S/C17H17FO2/c18-14-5-1-12(2-6-14)11-17(19)13-3-7-15(8-4-13)20-16-9-10-16/h1-8,16-17,19H,9-11H2. The molecule has 3 rings (SSSR count). The summed E-state index contributed by atoms with van der Waals surface area (Å²) in [4.78, 5) is 0. The summed E-state index contributed by atoms with van der Waals surface area (Å²) >= 11 is 0. The molecule has 0 aromatic heterocycles. The highest BCUT2D eigenvalue weighted by molar-refractivity contribution is 5.30. The molecule has 0 saturated heterocycles. The highest BCUT2D eigenvalue weighted by Crippen LogP contribution is 2.28. The van der Waals surface area contributed by atoms with Crippen LogP contribution in [0.5, 0.6) is 5.75 Å². The average molecular weight is 272 g/mol. The largest absolute Gasteiger partial charge is 0.490 e. The van der Waals surface area contributed by atoms with Gasteiger partial charge < -0.3 is 9.84 Å². The van der Waals surface area contributed by atoms with Gasteiger partial charge >= 0.3 is 0 Å². The zero-order chi connectivity index (χ0) is 13.9. The number of aliphatic hydroxyl groups is 1. The minimum atomic E-state index is -0.588. The zero-order valence-electron chi connectivity index (χ0n) is 11.1. The van der Waals surface area contributed by atoms with Crippen LogP contribution in [0.1, 0.15) is 30.1 Å². The summed E-state index contributed by atoms with van der Waals surface area (Å²) < 4.78 is 18.5. The zero-order valence-corrected chi connectivity index (χ0v) is 11.1. The predicted molar refractivity (Wildman–Crippen MR) is 75.2 cm³/mol. The number of hydrogen-bond acceptors (Lipinski definition) is 2. The maximum absolute atomic E-state index is 12.8. The van der Waals surface area contributed by atoms with Gasteiger partial charge in [0.2, 0.25) is 0 Å². The number of hydrogen-bond donors (Lipinski definition) is 1. The van der Waals surface area contributed by atoms with E-state index in [0.717, 1.165) is 29.7 Å². The molecule has 2 aromatic rings. The predicted octanol–water partition coefficient (Wildman–Crippen LogP) is 3.64. The summed E-state index contributed by atoms with van der Waals surface area (Å²) in [6.07, 6.45) is 2.54. The van der Waals surface area contributed by atoms with Crippen LogP contribution in [-0.2, 0) is 6.42 Å². The van der Waals surface area contributed by atoms with E-state index < -0.39 is 6.10 Å². The summed E-state index contributed by atoms with van der Waals surface area (Å²) in [5.74, 6) is 0.593. The molecule has 0 amide bonds. The van der Waals surface area contributed by atoms with Crippen LogP contribution < -0.4 is 4.74 Å². The molecule has 1 atom stereocenters. The molecule has 20 heavy (non-hydrogen) atoms. The minimum Gasteiger partial charge on any atom is -0.490 e. The Morgan fingerprint density at radius 3 is 2.30 bits per heavy atom. The number of aliphatic hydroxyl groups excluding tert-OH is 1. The van der Waals surface area contributed by atoms with E-state index in [1.54, 1.807) is 12.1 Å². The Balaban J connectivity index is 1.63. The molecule has 0 heterocycles. The molecule has 1 aliphatic carbocycles. The molecule has 1 unspecified atom stereocenters. The van der Waals surface area contributed by atoms with Crippen molar-refractivity contribution in [1.29, 1.82) is 0 Å². The Labute approximate surface area is 117 Å². The van der Waals surface area contributed by atoms with Gasteiger partial charge in [0.15, 0.2) is 0 Å². The third kappa shape index (κ3) is 3.36. The van der Waals surface area contributed by atoms with E-state index in [4.69, 9.17) is 4.74 Å². The Bertz CT molecular complexity index is 559. The lowest BCUT2D eigenvalue weighted by Gasteiger charge is -2.12. The van der Waals surface area contributed by atoms with Crippen molar-refractivity contribution in [1.82, 2.24) is 0 Å². The highest BCUT2D eigenvalue weighted by atomic mass is 19.1. The van der Waals surface area contributed by atoms with Gasteiger partial charge in [-0.15, -0.1) is 0 Å². The van der Waals surface area contributed by atoms with Gasteiger partial charge in [0, 0.05) is 6.42 Å². The SMILES string of the molecule is OC(Cc1ccc(F)cc1)c1ccc(OC2CC2)cc1. The fourth-order valence-corrected chi connectivity index (χ4v) is 2.11. The van der Waals surface area contributed by atoms with Gasteiger partial charge in [-0.1, -0.05) is 24.3 Å². The molecule has 2 nitrogen and oxygen atoms in total. The van der Waals surface area contributed by atoms with Crippen molar-refractivity contribution in [3.63, 3.8) is 0 Å². The molecular weight excluding hydrogens is 255 g/mol. The quantitative estimate of drug-likeness (QED) is 0.900. The van der Waals surface area contributed by atoms with E-state index in [2.05, 4.69) is 0 Å². The van der Waals surface area contributed by atoms with E-state index in [0.29, 0.717) is 12.5 Å². The Hall–Kier alpha value is -1.87. The lowest BCUT2D eigenvalue weighted by Crippen LogP contribution is -2.02. The van der Waals surface area contributed by atoms with Gasteiger partial charge in [0.1, 0.15) is 11.6 Å².